The normalized spacial score (nSPS) is 26.8. The molecule has 0 N–H and O–H groups in total. The van der Waals surface area contributed by atoms with Crippen LogP contribution in [0.15, 0.2) is 24.3 Å². The van der Waals surface area contributed by atoms with Crippen molar-refractivity contribution in [2.75, 3.05) is 13.2 Å². The molecule has 1 saturated heterocycles. The molecular formula is C29H48O2. The van der Waals surface area contributed by atoms with Crippen molar-refractivity contribution in [3.8, 4) is 0 Å². The number of ether oxygens (including phenoxy) is 2. The van der Waals surface area contributed by atoms with Crippen LogP contribution in [0.25, 0.3) is 0 Å². The molecule has 1 aromatic rings. The third-order valence-electron chi connectivity index (χ3n) is 7.69. The number of hydrogen-bond donors (Lipinski definition) is 0. The lowest BCUT2D eigenvalue weighted by molar-refractivity contribution is -0.137. The van der Waals surface area contributed by atoms with E-state index in [2.05, 4.69) is 38.1 Å². The summed E-state index contributed by atoms with van der Waals surface area (Å²) in [6.07, 6.45) is 21.0. The lowest BCUT2D eigenvalue weighted by Gasteiger charge is -2.31. The van der Waals surface area contributed by atoms with Crippen LogP contribution in [-0.2, 0) is 9.47 Å². The number of benzene rings is 1. The molecule has 2 nitrogen and oxygen atoms in total. The Balaban J connectivity index is 1.34. The molecule has 1 aromatic carbocycles. The lowest BCUT2D eigenvalue weighted by Crippen LogP contribution is -2.31. The molecule has 2 aliphatic rings. The first kappa shape index (κ1) is 24.8. The first-order valence-electron chi connectivity index (χ1n) is 13.6. The van der Waals surface area contributed by atoms with Crippen molar-refractivity contribution >= 4 is 0 Å². The van der Waals surface area contributed by atoms with E-state index in [4.69, 9.17) is 9.47 Å². The quantitative estimate of drug-likeness (QED) is 0.292. The first-order chi connectivity index (χ1) is 15.3. The van der Waals surface area contributed by atoms with Crippen LogP contribution in [0, 0.1) is 5.92 Å². The highest BCUT2D eigenvalue weighted by Gasteiger charge is 2.25. The molecule has 0 radical (unpaired) electrons. The lowest BCUT2D eigenvalue weighted by atomic mass is 9.77. The minimum absolute atomic E-state index is 0.115. The molecule has 0 amide bonds. The largest absolute Gasteiger partial charge is 0.373 e. The third-order valence-corrected chi connectivity index (χ3v) is 7.69. The van der Waals surface area contributed by atoms with Gasteiger partial charge in [-0.2, -0.15) is 0 Å². The molecule has 0 bridgehead atoms. The number of unbranched alkanes of at least 4 members (excludes halogenated alkanes) is 7. The van der Waals surface area contributed by atoms with Crippen molar-refractivity contribution in [1.82, 2.24) is 0 Å². The molecule has 3 rings (SSSR count). The minimum atomic E-state index is 0.115. The summed E-state index contributed by atoms with van der Waals surface area (Å²) in [6.45, 7) is 6.02. The summed E-state index contributed by atoms with van der Waals surface area (Å²) < 4.78 is 12.3. The van der Waals surface area contributed by atoms with Crippen molar-refractivity contribution < 1.29 is 9.47 Å². The van der Waals surface area contributed by atoms with E-state index < -0.39 is 0 Å². The van der Waals surface area contributed by atoms with Gasteiger partial charge in [0.2, 0.25) is 0 Å². The Bertz CT molecular complexity index is 565. The smallest absolute Gasteiger partial charge is 0.106 e. The molecule has 1 saturated carbocycles. The third kappa shape index (κ3) is 8.54. The van der Waals surface area contributed by atoms with Crippen LogP contribution in [0.4, 0.5) is 0 Å². The average molecular weight is 429 g/mol. The van der Waals surface area contributed by atoms with Crippen LogP contribution in [0.1, 0.15) is 133 Å². The van der Waals surface area contributed by atoms with Crippen molar-refractivity contribution in [3.63, 3.8) is 0 Å². The summed E-state index contributed by atoms with van der Waals surface area (Å²) in [4.78, 5) is 0. The summed E-state index contributed by atoms with van der Waals surface area (Å²) in [5.74, 6) is 1.75. The summed E-state index contributed by atoms with van der Waals surface area (Å²) in [5.41, 5.74) is 2.82. The Hall–Kier alpha value is -0.860. The standard InChI is InChI=1S/C29H48O2/c1-3-5-7-9-10-12-24-14-16-25(17-15-24)26-18-20-27(21-19-26)29-23-30-28(22-31-29)13-11-8-6-4-2/h18-21,24-25,28-29H,3-17,22-23H2,1-2H3/t24-,25-,28-,29-/m0/s1. The zero-order valence-electron chi connectivity index (χ0n) is 20.5. The second kappa shape index (κ2) is 14.3. The highest BCUT2D eigenvalue weighted by atomic mass is 16.6. The molecule has 0 spiro atoms. The molecule has 1 aliphatic carbocycles. The second-order valence-electron chi connectivity index (χ2n) is 10.2. The van der Waals surface area contributed by atoms with Gasteiger partial charge in [0.05, 0.1) is 19.3 Å². The second-order valence-corrected chi connectivity index (χ2v) is 10.2. The van der Waals surface area contributed by atoms with Crippen molar-refractivity contribution in [2.45, 2.75) is 128 Å². The molecule has 2 heteroatoms. The number of rotatable bonds is 13. The van der Waals surface area contributed by atoms with Gasteiger partial charge in [0.1, 0.15) is 6.10 Å². The Morgan fingerprint density at radius 1 is 0.645 bits per heavy atom. The molecule has 2 atom stereocenters. The fourth-order valence-electron chi connectivity index (χ4n) is 5.50. The van der Waals surface area contributed by atoms with Gasteiger partial charge in [-0.05, 0) is 55.1 Å². The van der Waals surface area contributed by atoms with Gasteiger partial charge < -0.3 is 9.47 Å². The molecule has 2 fully saturated rings. The van der Waals surface area contributed by atoms with E-state index in [1.54, 1.807) is 0 Å². The van der Waals surface area contributed by atoms with Crippen LogP contribution in [0.2, 0.25) is 0 Å². The average Bonchev–Trinajstić information content (AvgIpc) is 2.83. The predicted octanol–water partition coefficient (Wildman–Crippen LogP) is 8.75. The first-order valence-corrected chi connectivity index (χ1v) is 13.6. The zero-order valence-corrected chi connectivity index (χ0v) is 20.5. The van der Waals surface area contributed by atoms with Gasteiger partial charge >= 0.3 is 0 Å². The molecular weight excluding hydrogens is 380 g/mol. The highest BCUT2D eigenvalue weighted by Crippen LogP contribution is 2.38. The monoisotopic (exact) mass is 428 g/mol. The van der Waals surface area contributed by atoms with E-state index in [0.29, 0.717) is 12.7 Å². The van der Waals surface area contributed by atoms with Gasteiger partial charge in [-0.15, -0.1) is 0 Å². The van der Waals surface area contributed by atoms with Crippen molar-refractivity contribution in [1.29, 1.82) is 0 Å². The van der Waals surface area contributed by atoms with Crippen LogP contribution in [-0.4, -0.2) is 19.3 Å². The summed E-state index contributed by atoms with van der Waals surface area (Å²) in [5, 5.41) is 0. The molecule has 0 aromatic heterocycles. The predicted molar refractivity (Wildman–Crippen MR) is 132 cm³/mol. The minimum Gasteiger partial charge on any atom is -0.373 e. The Morgan fingerprint density at radius 2 is 1.26 bits per heavy atom. The highest BCUT2D eigenvalue weighted by molar-refractivity contribution is 5.27. The topological polar surface area (TPSA) is 18.5 Å². The fourth-order valence-corrected chi connectivity index (χ4v) is 5.50. The summed E-state index contributed by atoms with van der Waals surface area (Å²) in [6, 6.07) is 9.33. The Kier molecular flexibility index (Phi) is 11.4. The molecule has 176 valence electrons. The van der Waals surface area contributed by atoms with Crippen molar-refractivity contribution in [2.24, 2.45) is 5.92 Å². The van der Waals surface area contributed by atoms with Gasteiger partial charge in [-0.1, -0.05) is 102 Å². The van der Waals surface area contributed by atoms with Gasteiger partial charge in [0, 0.05) is 0 Å². The van der Waals surface area contributed by atoms with Crippen LogP contribution in [0.3, 0.4) is 0 Å². The maximum atomic E-state index is 6.17. The molecule has 1 heterocycles. The summed E-state index contributed by atoms with van der Waals surface area (Å²) in [7, 11) is 0. The van der Waals surface area contributed by atoms with Crippen LogP contribution < -0.4 is 0 Å². The fraction of sp³-hybridized carbons (Fsp3) is 0.793. The molecule has 0 unspecified atom stereocenters. The maximum Gasteiger partial charge on any atom is 0.106 e. The van der Waals surface area contributed by atoms with Gasteiger partial charge in [0.25, 0.3) is 0 Å². The van der Waals surface area contributed by atoms with E-state index in [0.717, 1.165) is 24.9 Å². The van der Waals surface area contributed by atoms with Gasteiger partial charge in [0.15, 0.2) is 0 Å². The molecule has 31 heavy (non-hydrogen) atoms. The van der Waals surface area contributed by atoms with Gasteiger partial charge in [-0.25, -0.2) is 0 Å². The molecule has 1 aliphatic heterocycles. The zero-order chi connectivity index (χ0) is 21.7. The van der Waals surface area contributed by atoms with E-state index in [-0.39, 0.29) is 6.10 Å². The van der Waals surface area contributed by atoms with Crippen LogP contribution >= 0.6 is 0 Å². The number of hydrogen-bond acceptors (Lipinski definition) is 2. The van der Waals surface area contributed by atoms with E-state index in [1.165, 1.54) is 101 Å². The SMILES string of the molecule is CCCCCCC[C@H]1CC[C@H](c2ccc([C@@H]3CO[C@@H](CCCCCC)CO3)cc2)CC1. The van der Waals surface area contributed by atoms with E-state index >= 15 is 0 Å². The Labute approximate surface area is 192 Å². The maximum absolute atomic E-state index is 6.17. The van der Waals surface area contributed by atoms with Crippen molar-refractivity contribution in [3.05, 3.63) is 35.4 Å². The Morgan fingerprint density at radius 3 is 1.90 bits per heavy atom. The van der Waals surface area contributed by atoms with Gasteiger partial charge in [-0.3, -0.25) is 0 Å². The van der Waals surface area contributed by atoms with E-state index in [1.807, 2.05) is 0 Å². The van der Waals surface area contributed by atoms with Crippen LogP contribution in [0.5, 0.6) is 0 Å². The summed E-state index contributed by atoms with van der Waals surface area (Å²) >= 11 is 0. The van der Waals surface area contributed by atoms with E-state index in [9.17, 15) is 0 Å².